The van der Waals surface area contributed by atoms with Crippen LogP contribution in [0.1, 0.15) is 60.6 Å². The van der Waals surface area contributed by atoms with Crippen LogP contribution in [0.3, 0.4) is 0 Å². The Balaban J connectivity index is 1.29. The Morgan fingerprint density at radius 1 is 0.812 bits per heavy atom. The van der Waals surface area contributed by atoms with Gasteiger partial charge in [0.2, 0.25) is 0 Å². The van der Waals surface area contributed by atoms with Gasteiger partial charge in [-0.3, -0.25) is 0 Å². The highest BCUT2D eigenvalue weighted by Crippen LogP contribution is 2.56. The molecule has 228 valence electrons. The SMILES string of the molecule is CC1(C)c2ccccc2-c2c1cc(N(C1=CCC(c3c#cccc3)C#C1)c1ccc(-c3ccccc3)cc1)c1c3c(oc21)C=CCC=C3. The fraction of sp³-hybridized carbons (Fsp3) is 0.130. The molecule has 0 saturated heterocycles. The van der Waals surface area contributed by atoms with Crippen LogP contribution in [0.2, 0.25) is 0 Å². The van der Waals surface area contributed by atoms with E-state index in [1.807, 2.05) is 12.1 Å². The molecule has 0 radical (unpaired) electrons. The van der Waals surface area contributed by atoms with Crippen LogP contribution < -0.4 is 4.90 Å². The maximum Gasteiger partial charge on any atom is 0.145 e. The number of furan rings is 1. The monoisotopic (exact) mass is 615 g/mol. The van der Waals surface area contributed by atoms with Gasteiger partial charge in [0.15, 0.2) is 0 Å². The molecule has 1 heterocycles. The van der Waals surface area contributed by atoms with Crippen molar-refractivity contribution in [3.63, 3.8) is 0 Å². The van der Waals surface area contributed by atoms with Crippen LogP contribution >= 0.6 is 0 Å². The standard InChI is InChI=1S/C46H33NO/c1-46(2)39-20-13-12-18-37(39)43-40(46)30-41(44-38-19-10-5-11-21-42(38)48-45(43)44)47(35-26-22-33(23-27-35)31-14-6-3-7-15-31)36-28-24-34(25-29-36)32-16-8-4-9-17-32/h3-4,6-8,10-16,18-23,26-28,30,34H,5,24H2,1-2H3. The molecule has 2 nitrogen and oxygen atoms in total. The highest BCUT2D eigenvalue weighted by molar-refractivity contribution is 6.11. The van der Waals surface area contributed by atoms with Gasteiger partial charge in [0.1, 0.15) is 11.3 Å². The molecule has 1 unspecified atom stereocenters. The second-order valence-electron chi connectivity index (χ2n) is 13.3. The van der Waals surface area contributed by atoms with Crippen LogP contribution in [-0.2, 0) is 5.41 Å². The number of benzene rings is 4. The highest BCUT2D eigenvalue weighted by Gasteiger charge is 2.40. The van der Waals surface area contributed by atoms with Gasteiger partial charge in [-0.2, -0.15) is 0 Å². The van der Waals surface area contributed by atoms with Gasteiger partial charge in [-0.05, 0) is 89.1 Å². The van der Waals surface area contributed by atoms with E-state index < -0.39 is 0 Å². The van der Waals surface area contributed by atoms with Gasteiger partial charge < -0.3 is 9.32 Å². The minimum absolute atomic E-state index is 0.0836. The summed E-state index contributed by atoms with van der Waals surface area (Å²) in [6.45, 7) is 4.66. The van der Waals surface area contributed by atoms with E-state index >= 15 is 0 Å². The van der Waals surface area contributed by atoms with Crippen LogP contribution in [0, 0.1) is 24.0 Å². The van der Waals surface area contributed by atoms with E-state index in [0.29, 0.717) is 0 Å². The average molecular weight is 616 g/mol. The summed E-state index contributed by atoms with van der Waals surface area (Å²) in [7, 11) is 0. The Hall–Kier alpha value is -5.96. The molecule has 3 aliphatic carbocycles. The summed E-state index contributed by atoms with van der Waals surface area (Å²) < 4.78 is 6.90. The lowest BCUT2D eigenvalue weighted by Crippen LogP contribution is -2.20. The molecule has 9 rings (SSSR count). The zero-order valence-electron chi connectivity index (χ0n) is 27.0. The molecule has 0 amide bonds. The van der Waals surface area contributed by atoms with Crippen molar-refractivity contribution < 1.29 is 4.42 Å². The third-order valence-electron chi connectivity index (χ3n) is 10.1. The molecule has 5 aromatic carbocycles. The number of nitrogens with zero attached hydrogens (tertiary/aromatic N) is 1. The van der Waals surface area contributed by atoms with E-state index in [0.717, 1.165) is 57.8 Å². The van der Waals surface area contributed by atoms with Crippen LogP contribution in [0.15, 0.2) is 131 Å². The van der Waals surface area contributed by atoms with Crippen LogP contribution in [-0.4, -0.2) is 0 Å². The summed E-state index contributed by atoms with van der Waals surface area (Å²) in [5.41, 5.74) is 13.5. The first-order valence-corrected chi connectivity index (χ1v) is 16.7. The van der Waals surface area contributed by atoms with Crippen molar-refractivity contribution in [2.45, 2.75) is 38.0 Å². The highest BCUT2D eigenvalue weighted by atomic mass is 16.3. The third kappa shape index (κ3) is 4.45. The Morgan fingerprint density at radius 2 is 1.60 bits per heavy atom. The van der Waals surface area contributed by atoms with Gasteiger partial charge in [-0.25, -0.2) is 0 Å². The molecule has 2 heteroatoms. The lowest BCUT2D eigenvalue weighted by molar-refractivity contribution is 0.602. The maximum absolute atomic E-state index is 6.90. The average Bonchev–Trinajstić information content (AvgIpc) is 3.49. The predicted octanol–water partition coefficient (Wildman–Crippen LogP) is 11.6. The first-order chi connectivity index (χ1) is 23.6. The van der Waals surface area contributed by atoms with Crippen molar-refractivity contribution in [3.8, 4) is 34.1 Å². The van der Waals surface area contributed by atoms with Crippen molar-refractivity contribution >= 4 is 34.5 Å². The van der Waals surface area contributed by atoms with Crippen molar-refractivity contribution in [3.05, 3.63) is 167 Å². The largest absolute Gasteiger partial charge is 0.455 e. The molecule has 1 atom stereocenters. The van der Waals surface area contributed by atoms with Crippen molar-refractivity contribution in [1.29, 1.82) is 0 Å². The number of hydrogen-bond acceptors (Lipinski definition) is 2. The minimum atomic E-state index is -0.203. The normalized spacial score (nSPS) is 16.5. The molecular weight excluding hydrogens is 583 g/mol. The molecular formula is C46H33NO. The van der Waals surface area contributed by atoms with E-state index in [1.165, 1.54) is 33.4 Å². The fourth-order valence-electron chi connectivity index (χ4n) is 7.62. The van der Waals surface area contributed by atoms with Crippen molar-refractivity contribution in [2.75, 3.05) is 4.90 Å². The minimum Gasteiger partial charge on any atom is -0.455 e. The van der Waals surface area contributed by atoms with Crippen LogP contribution in [0.25, 0.3) is 45.4 Å². The summed E-state index contributed by atoms with van der Waals surface area (Å²) in [5, 5.41) is 1.11. The van der Waals surface area contributed by atoms with E-state index in [9.17, 15) is 0 Å². The quantitative estimate of drug-likeness (QED) is 0.179. The van der Waals surface area contributed by atoms with E-state index in [2.05, 4.69) is 164 Å². The number of hydrogen-bond donors (Lipinski definition) is 0. The van der Waals surface area contributed by atoms with E-state index in [4.69, 9.17) is 4.42 Å². The summed E-state index contributed by atoms with van der Waals surface area (Å²) >= 11 is 0. The molecule has 0 aliphatic heterocycles. The molecule has 0 saturated carbocycles. The maximum atomic E-state index is 6.90. The van der Waals surface area contributed by atoms with Gasteiger partial charge in [-0.15, -0.1) is 0 Å². The molecule has 0 bridgehead atoms. The Morgan fingerprint density at radius 3 is 2.40 bits per heavy atom. The van der Waals surface area contributed by atoms with E-state index in [-0.39, 0.29) is 11.3 Å². The third-order valence-corrected chi connectivity index (χ3v) is 10.1. The molecule has 0 fully saturated rings. The number of anilines is 2. The smallest absolute Gasteiger partial charge is 0.145 e. The molecule has 6 aromatic rings. The molecule has 0 N–H and O–H groups in total. The zero-order chi connectivity index (χ0) is 32.2. The van der Waals surface area contributed by atoms with E-state index in [1.54, 1.807) is 0 Å². The van der Waals surface area contributed by atoms with Crippen molar-refractivity contribution in [1.82, 2.24) is 0 Å². The van der Waals surface area contributed by atoms with Gasteiger partial charge in [0.25, 0.3) is 0 Å². The lowest BCUT2D eigenvalue weighted by atomic mass is 9.82. The zero-order valence-corrected chi connectivity index (χ0v) is 27.0. The number of fused-ring (bicyclic) bond motifs is 7. The molecule has 48 heavy (non-hydrogen) atoms. The van der Waals surface area contributed by atoms with Gasteiger partial charge in [-0.1, -0.05) is 123 Å². The van der Waals surface area contributed by atoms with Gasteiger partial charge in [0, 0.05) is 27.8 Å². The Labute approximate surface area is 282 Å². The molecule has 0 spiro atoms. The molecule has 3 aliphatic rings. The second kappa shape index (κ2) is 11.1. The predicted molar refractivity (Wildman–Crippen MR) is 198 cm³/mol. The summed E-state index contributed by atoms with van der Waals surface area (Å²) in [5.74, 6) is 8.17. The topological polar surface area (TPSA) is 16.4 Å². The van der Waals surface area contributed by atoms with Gasteiger partial charge in [0.05, 0.1) is 22.7 Å². The Kier molecular flexibility index (Phi) is 6.53. The first kappa shape index (κ1) is 28.3. The van der Waals surface area contributed by atoms with Crippen molar-refractivity contribution in [2.24, 2.45) is 0 Å². The van der Waals surface area contributed by atoms with Gasteiger partial charge >= 0.3 is 0 Å². The fourth-order valence-corrected chi connectivity index (χ4v) is 7.62. The summed E-state index contributed by atoms with van der Waals surface area (Å²) in [4.78, 5) is 2.36. The summed E-state index contributed by atoms with van der Waals surface area (Å²) in [6, 6.07) is 43.0. The van der Waals surface area contributed by atoms with Crippen LogP contribution in [0.4, 0.5) is 11.4 Å². The number of allylic oxidation sites excluding steroid dienone is 4. The van der Waals surface area contributed by atoms with Crippen LogP contribution in [0.5, 0.6) is 0 Å². The second-order valence-corrected chi connectivity index (χ2v) is 13.3. The number of rotatable bonds is 5. The lowest BCUT2D eigenvalue weighted by Gasteiger charge is -2.30. The molecule has 1 aromatic heterocycles. The first-order valence-electron chi connectivity index (χ1n) is 16.7. The Bertz CT molecular complexity index is 2360. The summed E-state index contributed by atoms with van der Waals surface area (Å²) in [6.07, 6.45) is 12.7.